The summed E-state index contributed by atoms with van der Waals surface area (Å²) in [5.74, 6) is 5.00. The molecule has 0 radical (unpaired) electrons. The van der Waals surface area contributed by atoms with Gasteiger partial charge in [0.15, 0.2) is 0 Å². The number of carboxylic acid groups (broad SMARTS) is 1. The minimum absolute atomic E-state index is 0.0631. The predicted molar refractivity (Wildman–Crippen MR) is 114 cm³/mol. The number of aliphatic carboxylic acids is 1. The molecule has 30 heavy (non-hydrogen) atoms. The highest BCUT2D eigenvalue weighted by molar-refractivity contribution is 5.78. The molecule has 156 valence electrons. The molecule has 0 aliphatic heterocycles. The molecule has 1 heterocycles. The van der Waals surface area contributed by atoms with Crippen LogP contribution in [0.5, 0.6) is 5.75 Å². The van der Waals surface area contributed by atoms with E-state index < -0.39 is 12.1 Å². The third-order valence-corrected chi connectivity index (χ3v) is 4.85. The predicted octanol–water partition coefficient (Wildman–Crippen LogP) is 5.45. The van der Waals surface area contributed by atoms with Crippen molar-refractivity contribution in [3.63, 3.8) is 0 Å². The highest BCUT2D eigenvalue weighted by atomic mass is 19.1. The SMILES string of the molecule is CC#CC(CC(=O)O)c1ccc(O[C@@H](CC(C)C)c2cc3[nH]ncc3cc2F)cc1. The van der Waals surface area contributed by atoms with Crippen LogP contribution in [0, 0.1) is 23.6 Å². The van der Waals surface area contributed by atoms with Gasteiger partial charge in [-0.3, -0.25) is 9.89 Å². The summed E-state index contributed by atoms with van der Waals surface area (Å²) in [6.45, 7) is 5.81. The van der Waals surface area contributed by atoms with Gasteiger partial charge in [0.25, 0.3) is 0 Å². The van der Waals surface area contributed by atoms with Gasteiger partial charge >= 0.3 is 5.97 Å². The van der Waals surface area contributed by atoms with E-state index in [4.69, 9.17) is 9.84 Å². The number of hydrogen-bond acceptors (Lipinski definition) is 3. The van der Waals surface area contributed by atoms with Gasteiger partial charge in [0, 0.05) is 10.9 Å². The number of benzene rings is 2. The first-order valence-corrected chi connectivity index (χ1v) is 9.90. The zero-order valence-electron chi connectivity index (χ0n) is 17.3. The second-order valence-corrected chi connectivity index (χ2v) is 7.68. The van der Waals surface area contributed by atoms with Gasteiger partial charge in [-0.15, -0.1) is 5.92 Å². The van der Waals surface area contributed by atoms with Gasteiger partial charge in [-0.2, -0.15) is 5.10 Å². The highest BCUT2D eigenvalue weighted by Gasteiger charge is 2.21. The van der Waals surface area contributed by atoms with Crippen LogP contribution in [0.2, 0.25) is 0 Å². The van der Waals surface area contributed by atoms with E-state index in [0.29, 0.717) is 29.0 Å². The third kappa shape index (κ3) is 5.18. The largest absolute Gasteiger partial charge is 0.486 e. The van der Waals surface area contributed by atoms with E-state index in [1.165, 1.54) is 6.07 Å². The molecule has 6 heteroatoms. The van der Waals surface area contributed by atoms with Crippen molar-refractivity contribution in [2.24, 2.45) is 5.92 Å². The Hall–Kier alpha value is -3.33. The quantitative estimate of drug-likeness (QED) is 0.486. The molecular weight excluding hydrogens is 383 g/mol. The van der Waals surface area contributed by atoms with Crippen LogP contribution in [0.15, 0.2) is 42.6 Å². The maximum atomic E-state index is 14.8. The first-order valence-electron chi connectivity index (χ1n) is 9.90. The average molecular weight is 408 g/mol. The van der Waals surface area contributed by atoms with Crippen LogP contribution < -0.4 is 4.74 Å². The van der Waals surface area contributed by atoms with Crippen molar-refractivity contribution in [2.45, 2.75) is 45.6 Å². The van der Waals surface area contributed by atoms with Gasteiger partial charge in [0.1, 0.15) is 17.7 Å². The molecule has 1 aromatic heterocycles. The molecule has 0 saturated heterocycles. The van der Waals surface area contributed by atoms with Crippen molar-refractivity contribution in [3.05, 3.63) is 59.5 Å². The Kier molecular flexibility index (Phi) is 6.73. The summed E-state index contributed by atoms with van der Waals surface area (Å²) >= 11 is 0. The number of rotatable bonds is 8. The van der Waals surface area contributed by atoms with Crippen LogP contribution in [0.1, 0.15) is 56.8 Å². The van der Waals surface area contributed by atoms with Crippen molar-refractivity contribution >= 4 is 16.9 Å². The number of carboxylic acids is 1. The van der Waals surface area contributed by atoms with Crippen molar-refractivity contribution in [1.82, 2.24) is 10.2 Å². The van der Waals surface area contributed by atoms with E-state index in [2.05, 4.69) is 35.9 Å². The van der Waals surface area contributed by atoms with Gasteiger partial charge in [0.05, 0.1) is 24.1 Å². The van der Waals surface area contributed by atoms with Crippen LogP contribution in [0.25, 0.3) is 10.9 Å². The summed E-state index contributed by atoms with van der Waals surface area (Å²) < 4.78 is 21.0. The molecule has 0 saturated carbocycles. The molecule has 2 atom stereocenters. The molecule has 0 bridgehead atoms. The van der Waals surface area contributed by atoms with Crippen molar-refractivity contribution < 1.29 is 19.0 Å². The van der Waals surface area contributed by atoms with E-state index in [0.717, 1.165) is 11.1 Å². The Morgan fingerprint density at radius 2 is 2.00 bits per heavy atom. The molecule has 2 N–H and O–H groups in total. The molecule has 0 amide bonds. The number of halogens is 1. The Labute approximate surface area is 175 Å². The fourth-order valence-corrected chi connectivity index (χ4v) is 3.44. The van der Waals surface area contributed by atoms with Crippen molar-refractivity contribution in [1.29, 1.82) is 0 Å². The third-order valence-electron chi connectivity index (χ3n) is 4.85. The number of ether oxygens (including phenoxy) is 1. The first-order chi connectivity index (χ1) is 14.4. The lowest BCUT2D eigenvalue weighted by Gasteiger charge is -2.22. The van der Waals surface area contributed by atoms with Gasteiger partial charge in [-0.1, -0.05) is 31.9 Å². The smallest absolute Gasteiger partial charge is 0.304 e. The lowest BCUT2D eigenvalue weighted by Crippen LogP contribution is -2.13. The summed E-state index contributed by atoms with van der Waals surface area (Å²) in [5, 5.41) is 16.7. The Morgan fingerprint density at radius 1 is 1.27 bits per heavy atom. The molecular formula is C24H25FN2O3. The highest BCUT2D eigenvalue weighted by Crippen LogP contribution is 2.32. The topological polar surface area (TPSA) is 75.2 Å². The Morgan fingerprint density at radius 3 is 2.63 bits per heavy atom. The molecule has 1 unspecified atom stereocenters. The van der Waals surface area contributed by atoms with Crippen LogP contribution in [-0.4, -0.2) is 21.3 Å². The fraction of sp³-hybridized carbons (Fsp3) is 0.333. The monoisotopic (exact) mass is 408 g/mol. The maximum absolute atomic E-state index is 14.8. The van der Waals surface area contributed by atoms with Crippen molar-refractivity contribution in [3.8, 4) is 17.6 Å². The minimum Gasteiger partial charge on any atom is -0.486 e. The number of aromatic amines is 1. The molecule has 0 fully saturated rings. The number of fused-ring (bicyclic) bond motifs is 1. The molecule has 3 aromatic rings. The molecule has 3 rings (SSSR count). The van der Waals surface area contributed by atoms with Gasteiger partial charge in [-0.25, -0.2) is 4.39 Å². The summed E-state index contributed by atoms with van der Waals surface area (Å²) in [6, 6.07) is 10.4. The van der Waals surface area contributed by atoms with Gasteiger partial charge in [-0.05, 0) is 49.1 Å². The van der Waals surface area contributed by atoms with Crippen LogP contribution in [0.4, 0.5) is 4.39 Å². The van der Waals surface area contributed by atoms with E-state index in [1.807, 2.05) is 12.1 Å². The zero-order chi connectivity index (χ0) is 21.7. The fourth-order valence-electron chi connectivity index (χ4n) is 3.44. The average Bonchev–Trinajstić information content (AvgIpc) is 3.13. The number of H-pyrrole nitrogens is 1. The summed E-state index contributed by atoms with van der Waals surface area (Å²) in [4.78, 5) is 11.1. The van der Waals surface area contributed by atoms with E-state index in [1.54, 1.807) is 31.3 Å². The summed E-state index contributed by atoms with van der Waals surface area (Å²) in [6.07, 6.45) is 1.70. The van der Waals surface area contributed by atoms with Crippen LogP contribution in [0.3, 0.4) is 0 Å². The first kappa shape index (κ1) is 21.4. The Balaban J connectivity index is 1.86. The number of hydrogen-bond donors (Lipinski definition) is 2. The maximum Gasteiger partial charge on any atom is 0.304 e. The van der Waals surface area contributed by atoms with E-state index >= 15 is 0 Å². The number of nitrogens with zero attached hydrogens (tertiary/aromatic N) is 1. The summed E-state index contributed by atoms with van der Waals surface area (Å²) in [5.41, 5.74) is 2.04. The zero-order valence-corrected chi connectivity index (χ0v) is 17.3. The second kappa shape index (κ2) is 9.45. The molecule has 0 aliphatic rings. The lowest BCUT2D eigenvalue weighted by atomic mass is 9.96. The summed E-state index contributed by atoms with van der Waals surface area (Å²) in [7, 11) is 0. The lowest BCUT2D eigenvalue weighted by molar-refractivity contribution is -0.137. The molecule has 0 aliphatic carbocycles. The second-order valence-electron chi connectivity index (χ2n) is 7.68. The molecule has 5 nitrogen and oxygen atoms in total. The van der Waals surface area contributed by atoms with Crippen LogP contribution in [-0.2, 0) is 4.79 Å². The van der Waals surface area contributed by atoms with Gasteiger partial charge in [0.2, 0.25) is 0 Å². The van der Waals surface area contributed by atoms with Gasteiger partial charge < -0.3 is 9.84 Å². The molecule has 2 aromatic carbocycles. The van der Waals surface area contributed by atoms with Crippen LogP contribution >= 0.6 is 0 Å². The minimum atomic E-state index is -0.898. The van der Waals surface area contributed by atoms with E-state index in [9.17, 15) is 9.18 Å². The number of nitrogens with one attached hydrogen (secondary N) is 1. The van der Waals surface area contributed by atoms with E-state index in [-0.39, 0.29) is 18.2 Å². The van der Waals surface area contributed by atoms with Crippen molar-refractivity contribution in [2.75, 3.05) is 0 Å². The number of carbonyl (C=O) groups is 1. The molecule has 0 spiro atoms. The normalized spacial score (nSPS) is 13.0. The Bertz CT molecular complexity index is 1080. The standard InChI is InChI=1S/C24H25FN2O3/c1-4-5-17(12-24(28)29)16-6-8-19(9-7-16)30-23(10-15(2)3)20-13-22-18(11-21(20)25)14-26-27-22/h6-9,11,13-15,17,23H,10,12H2,1-3H3,(H,26,27)(H,28,29)/t17?,23-/m0/s1. The number of aromatic nitrogens is 2.